The summed E-state index contributed by atoms with van der Waals surface area (Å²) in [7, 11) is 0. The molecule has 0 amide bonds. The summed E-state index contributed by atoms with van der Waals surface area (Å²) < 4.78 is 22.0. The third-order valence-corrected chi connectivity index (χ3v) is 9.00. The lowest BCUT2D eigenvalue weighted by molar-refractivity contribution is -0.305. The van der Waals surface area contributed by atoms with Gasteiger partial charge in [-0.3, -0.25) is 9.59 Å². The lowest BCUT2D eigenvalue weighted by Crippen LogP contribution is -2.59. The van der Waals surface area contributed by atoms with E-state index in [9.17, 15) is 30.0 Å². The Morgan fingerprint density at radius 1 is 0.608 bits per heavy atom. The van der Waals surface area contributed by atoms with E-state index in [1.807, 2.05) is 0 Å². The van der Waals surface area contributed by atoms with Crippen LogP contribution in [0.1, 0.15) is 155 Å². The quantitative estimate of drug-likeness (QED) is 0.0311. The van der Waals surface area contributed by atoms with E-state index in [4.69, 9.17) is 18.9 Å². The molecule has 0 aliphatic carbocycles. The fourth-order valence-corrected chi connectivity index (χ4v) is 5.73. The summed E-state index contributed by atoms with van der Waals surface area (Å²) in [4.78, 5) is 25.2. The molecule has 10 nitrogen and oxygen atoms in total. The Hall–Kier alpha value is -2.08. The maximum absolute atomic E-state index is 12.7. The Kier molecular flexibility index (Phi) is 30.0. The molecule has 0 spiro atoms. The average molecular weight is 725 g/mol. The number of hydrogen-bond acceptors (Lipinski definition) is 10. The highest BCUT2D eigenvalue weighted by atomic mass is 16.7. The summed E-state index contributed by atoms with van der Waals surface area (Å²) in [5.74, 6) is -0.837. The van der Waals surface area contributed by atoms with Gasteiger partial charge in [0.2, 0.25) is 0 Å². The number of unbranched alkanes of at least 4 members (excludes halogenated alkanes) is 15. The molecule has 0 radical (unpaired) electrons. The number of rotatable bonds is 32. The zero-order valence-corrected chi connectivity index (χ0v) is 31.8. The van der Waals surface area contributed by atoms with Crippen LogP contribution >= 0.6 is 0 Å². The first-order chi connectivity index (χ1) is 24.8. The van der Waals surface area contributed by atoms with Crippen molar-refractivity contribution in [2.45, 2.75) is 192 Å². The first-order valence-electron chi connectivity index (χ1n) is 20.1. The van der Waals surface area contributed by atoms with Gasteiger partial charge in [-0.2, -0.15) is 0 Å². The van der Waals surface area contributed by atoms with E-state index in [0.717, 1.165) is 83.5 Å². The topological polar surface area (TPSA) is 152 Å². The van der Waals surface area contributed by atoms with Gasteiger partial charge in [-0.1, -0.05) is 115 Å². The van der Waals surface area contributed by atoms with Gasteiger partial charge in [-0.15, -0.1) is 0 Å². The normalized spacial score (nSPS) is 21.6. The molecular weight excluding hydrogens is 652 g/mol. The zero-order chi connectivity index (χ0) is 37.4. The van der Waals surface area contributed by atoms with Crippen LogP contribution in [0.25, 0.3) is 0 Å². The van der Waals surface area contributed by atoms with E-state index in [2.05, 4.69) is 50.3 Å². The summed E-state index contributed by atoms with van der Waals surface area (Å²) in [5.41, 5.74) is 0. The van der Waals surface area contributed by atoms with E-state index in [1.165, 1.54) is 32.1 Å². The van der Waals surface area contributed by atoms with E-state index < -0.39 is 55.4 Å². The SMILES string of the molecule is CCCC/C=C/C/C=C/CCCCCCCC(=O)O[C@H](COC(=O)CCCCCCC/C=C/CCCCC)CO[C@@H]1O[C@H](CO)[C@H](O)C(O)C1O. The lowest BCUT2D eigenvalue weighted by atomic mass is 9.99. The van der Waals surface area contributed by atoms with Gasteiger partial charge in [0.1, 0.15) is 31.0 Å². The van der Waals surface area contributed by atoms with Crippen molar-refractivity contribution in [3.05, 3.63) is 36.5 Å². The summed E-state index contributed by atoms with van der Waals surface area (Å²) in [6, 6.07) is 0. The number of aliphatic hydroxyl groups excluding tert-OH is 4. The third-order valence-electron chi connectivity index (χ3n) is 9.00. The second-order valence-electron chi connectivity index (χ2n) is 13.7. The Balaban J connectivity index is 2.41. The Morgan fingerprint density at radius 3 is 1.71 bits per heavy atom. The smallest absolute Gasteiger partial charge is 0.306 e. The van der Waals surface area contributed by atoms with Crippen molar-refractivity contribution in [1.82, 2.24) is 0 Å². The second-order valence-corrected chi connectivity index (χ2v) is 13.7. The summed E-state index contributed by atoms with van der Waals surface area (Å²) >= 11 is 0. The van der Waals surface area contributed by atoms with Crippen molar-refractivity contribution in [1.29, 1.82) is 0 Å². The van der Waals surface area contributed by atoms with Crippen molar-refractivity contribution in [3.63, 3.8) is 0 Å². The standard InChI is InChI=1S/C41H72O10/c1-3-5-7-9-11-13-15-17-18-20-22-24-26-28-30-37(44)50-34(33-49-41-40(47)39(46)38(45)35(31-42)51-41)32-48-36(43)29-27-25-23-21-19-16-14-12-10-8-6-4-2/h9,11-12,14-15,17,34-35,38-42,45-47H,3-8,10,13,16,18-33H2,1-2H3/b11-9+,14-12+,17-15+/t34-,35-,38+,39?,40?,41-/m1/s1. The van der Waals surface area contributed by atoms with E-state index in [1.54, 1.807) is 0 Å². The molecule has 1 saturated heterocycles. The largest absolute Gasteiger partial charge is 0.462 e. The first-order valence-corrected chi connectivity index (χ1v) is 20.1. The summed E-state index contributed by atoms with van der Waals surface area (Å²) in [6.07, 6.45) is 27.2. The van der Waals surface area contributed by atoms with E-state index >= 15 is 0 Å². The van der Waals surface area contributed by atoms with Gasteiger partial charge in [0.25, 0.3) is 0 Å². The Bertz CT molecular complexity index is 933. The first kappa shape index (κ1) is 46.9. The van der Waals surface area contributed by atoms with Crippen molar-refractivity contribution in [3.8, 4) is 0 Å². The minimum atomic E-state index is -1.60. The van der Waals surface area contributed by atoms with E-state index in [0.29, 0.717) is 12.8 Å². The molecule has 0 aromatic carbocycles. The van der Waals surface area contributed by atoms with Gasteiger partial charge in [-0.05, 0) is 64.2 Å². The van der Waals surface area contributed by atoms with Crippen LogP contribution in [0.2, 0.25) is 0 Å². The monoisotopic (exact) mass is 725 g/mol. The molecule has 0 aromatic heterocycles. The highest BCUT2D eigenvalue weighted by molar-refractivity contribution is 5.70. The predicted octanol–water partition coefficient (Wildman–Crippen LogP) is 7.55. The molecule has 51 heavy (non-hydrogen) atoms. The van der Waals surface area contributed by atoms with Gasteiger partial charge < -0.3 is 39.4 Å². The lowest BCUT2D eigenvalue weighted by Gasteiger charge is -2.39. The molecule has 1 aliphatic heterocycles. The van der Waals surface area contributed by atoms with Gasteiger partial charge in [-0.25, -0.2) is 0 Å². The minimum absolute atomic E-state index is 0.212. The van der Waals surface area contributed by atoms with Crippen LogP contribution < -0.4 is 0 Å². The molecule has 4 N–H and O–H groups in total. The maximum Gasteiger partial charge on any atom is 0.306 e. The molecule has 0 bridgehead atoms. The molecule has 6 atom stereocenters. The highest BCUT2D eigenvalue weighted by Crippen LogP contribution is 2.22. The van der Waals surface area contributed by atoms with Crippen LogP contribution in [0.15, 0.2) is 36.5 Å². The zero-order valence-electron chi connectivity index (χ0n) is 31.8. The van der Waals surface area contributed by atoms with E-state index in [-0.39, 0.29) is 26.1 Å². The van der Waals surface area contributed by atoms with Crippen LogP contribution in [-0.2, 0) is 28.5 Å². The van der Waals surface area contributed by atoms with Crippen LogP contribution in [-0.4, -0.2) is 89.0 Å². The van der Waals surface area contributed by atoms with Crippen LogP contribution in [0, 0.1) is 0 Å². The third kappa shape index (κ3) is 24.7. The minimum Gasteiger partial charge on any atom is -0.462 e. The number of allylic oxidation sites excluding steroid dienone is 6. The molecule has 0 saturated carbocycles. The molecule has 2 unspecified atom stereocenters. The molecule has 296 valence electrons. The van der Waals surface area contributed by atoms with Crippen molar-refractivity contribution in [2.75, 3.05) is 19.8 Å². The Labute approximate surface area is 308 Å². The average Bonchev–Trinajstić information content (AvgIpc) is 3.13. The maximum atomic E-state index is 12.7. The summed E-state index contributed by atoms with van der Waals surface area (Å²) in [5, 5.41) is 39.9. The predicted molar refractivity (Wildman–Crippen MR) is 201 cm³/mol. The van der Waals surface area contributed by atoms with Gasteiger partial charge >= 0.3 is 11.9 Å². The van der Waals surface area contributed by atoms with Crippen LogP contribution in [0.4, 0.5) is 0 Å². The number of aliphatic hydroxyl groups is 4. The number of carbonyl (C=O) groups excluding carboxylic acids is 2. The van der Waals surface area contributed by atoms with Crippen LogP contribution in [0.3, 0.4) is 0 Å². The number of esters is 2. The molecule has 0 aromatic rings. The van der Waals surface area contributed by atoms with Gasteiger partial charge in [0.15, 0.2) is 12.4 Å². The van der Waals surface area contributed by atoms with Crippen LogP contribution in [0.5, 0.6) is 0 Å². The molecule has 1 fully saturated rings. The number of ether oxygens (including phenoxy) is 4. The highest BCUT2D eigenvalue weighted by Gasteiger charge is 2.44. The van der Waals surface area contributed by atoms with Crippen molar-refractivity contribution >= 4 is 11.9 Å². The van der Waals surface area contributed by atoms with Crippen molar-refractivity contribution < 1.29 is 49.0 Å². The number of carbonyl (C=O) groups is 2. The van der Waals surface area contributed by atoms with Gasteiger partial charge in [0.05, 0.1) is 13.2 Å². The number of hydrogen-bond donors (Lipinski definition) is 4. The van der Waals surface area contributed by atoms with Crippen molar-refractivity contribution in [2.24, 2.45) is 0 Å². The summed E-state index contributed by atoms with van der Waals surface area (Å²) in [6.45, 7) is 3.31. The molecule has 1 rings (SSSR count). The Morgan fingerprint density at radius 2 is 1.12 bits per heavy atom. The second kappa shape index (κ2) is 32.6. The molecular formula is C41H72O10. The fourth-order valence-electron chi connectivity index (χ4n) is 5.73. The molecule has 10 heteroatoms. The fraction of sp³-hybridized carbons (Fsp3) is 0.805. The molecule has 1 aliphatic rings. The van der Waals surface area contributed by atoms with Gasteiger partial charge in [0, 0.05) is 12.8 Å². The molecule has 1 heterocycles.